The van der Waals surface area contributed by atoms with Crippen LogP contribution >= 0.6 is 11.3 Å². The molecule has 2 rings (SSSR count). The third-order valence-corrected chi connectivity index (χ3v) is 5.30. The lowest BCUT2D eigenvalue weighted by atomic mass is 10.2. The van der Waals surface area contributed by atoms with Gasteiger partial charge >= 0.3 is 5.97 Å². The molecule has 0 aliphatic carbocycles. The van der Waals surface area contributed by atoms with Crippen molar-refractivity contribution in [2.75, 3.05) is 7.11 Å². The molecule has 0 amide bonds. The van der Waals surface area contributed by atoms with Crippen molar-refractivity contribution in [3.8, 4) is 0 Å². The van der Waals surface area contributed by atoms with Crippen LogP contribution in [-0.2, 0) is 20.3 Å². The first kappa shape index (κ1) is 14.7. The van der Waals surface area contributed by atoms with Crippen LogP contribution in [0.4, 0.5) is 0 Å². The number of benzene rings is 1. The van der Waals surface area contributed by atoms with Gasteiger partial charge in [-0.15, -0.1) is 0 Å². The van der Waals surface area contributed by atoms with Gasteiger partial charge in [-0.2, -0.15) is 11.3 Å². The van der Waals surface area contributed by atoms with Crippen molar-refractivity contribution in [1.82, 2.24) is 0 Å². The Balaban J connectivity index is 2.34. The zero-order valence-corrected chi connectivity index (χ0v) is 12.8. The summed E-state index contributed by atoms with van der Waals surface area (Å²) in [6, 6.07) is 6.73. The van der Waals surface area contributed by atoms with E-state index in [1.54, 1.807) is 29.0 Å². The molecule has 0 saturated heterocycles. The number of hydrogen-bond acceptors (Lipinski definition) is 5. The first-order chi connectivity index (χ1) is 9.44. The molecule has 0 fully saturated rings. The summed E-state index contributed by atoms with van der Waals surface area (Å²) in [5.41, 5.74) is 1.67. The summed E-state index contributed by atoms with van der Waals surface area (Å²) in [5, 5.41) is 3.27. The smallest absolute Gasteiger partial charge is 0.339 e. The van der Waals surface area contributed by atoms with Crippen molar-refractivity contribution in [2.45, 2.75) is 17.6 Å². The summed E-state index contributed by atoms with van der Waals surface area (Å²) in [4.78, 5) is 11.8. The second kappa shape index (κ2) is 5.76. The zero-order valence-electron chi connectivity index (χ0n) is 11.1. The number of esters is 1. The van der Waals surface area contributed by atoms with E-state index in [2.05, 4.69) is 4.74 Å². The van der Waals surface area contributed by atoms with E-state index in [9.17, 15) is 13.2 Å². The molecule has 0 N–H and O–H groups in total. The first-order valence-electron chi connectivity index (χ1n) is 5.87. The van der Waals surface area contributed by atoms with Gasteiger partial charge in [0.05, 0.1) is 23.3 Å². The van der Waals surface area contributed by atoms with Crippen LogP contribution in [-0.4, -0.2) is 21.5 Å². The monoisotopic (exact) mass is 310 g/mol. The minimum absolute atomic E-state index is 0.204. The summed E-state index contributed by atoms with van der Waals surface area (Å²) < 4.78 is 29.4. The van der Waals surface area contributed by atoms with E-state index in [0.717, 1.165) is 5.56 Å². The van der Waals surface area contributed by atoms with Gasteiger partial charge in [-0.25, -0.2) is 13.2 Å². The Labute approximate surface area is 121 Å². The molecule has 6 heteroatoms. The van der Waals surface area contributed by atoms with E-state index in [-0.39, 0.29) is 10.6 Å². The molecule has 0 bridgehead atoms. The SMILES string of the molecule is COC(=O)c1cscc1CS(=O)(=O)c1cccc(C)c1. The highest BCUT2D eigenvalue weighted by molar-refractivity contribution is 7.90. The van der Waals surface area contributed by atoms with Gasteiger partial charge in [0, 0.05) is 5.38 Å². The second-order valence-corrected chi connectivity index (χ2v) is 7.11. The molecule has 0 unspecified atom stereocenters. The molecule has 0 saturated carbocycles. The second-order valence-electron chi connectivity index (χ2n) is 4.38. The van der Waals surface area contributed by atoms with Crippen LogP contribution in [0.5, 0.6) is 0 Å². The summed E-state index contributed by atoms with van der Waals surface area (Å²) in [7, 11) is -2.19. The lowest BCUT2D eigenvalue weighted by molar-refractivity contribution is 0.0600. The minimum Gasteiger partial charge on any atom is -0.465 e. The summed E-state index contributed by atoms with van der Waals surface area (Å²) in [6.07, 6.45) is 0. The Morgan fingerprint density at radius 1 is 1.30 bits per heavy atom. The number of carbonyl (C=O) groups excluding carboxylic acids is 1. The summed E-state index contributed by atoms with van der Waals surface area (Å²) in [6.45, 7) is 1.84. The molecule has 2 aromatic rings. The average molecular weight is 310 g/mol. The number of methoxy groups -OCH3 is 1. The van der Waals surface area contributed by atoms with Crippen LogP contribution in [0.25, 0.3) is 0 Å². The number of thiophene rings is 1. The van der Waals surface area contributed by atoms with Crippen molar-refractivity contribution in [3.63, 3.8) is 0 Å². The Bertz CT molecular complexity index is 729. The molecule has 1 aromatic heterocycles. The maximum absolute atomic E-state index is 12.4. The fraction of sp³-hybridized carbons (Fsp3) is 0.214. The molecule has 0 aliphatic rings. The Kier molecular flexibility index (Phi) is 4.25. The zero-order chi connectivity index (χ0) is 14.8. The van der Waals surface area contributed by atoms with Crippen molar-refractivity contribution >= 4 is 27.1 Å². The predicted octanol–water partition coefficient (Wildman–Crippen LogP) is 2.82. The predicted molar refractivity (Wildman–Crippen MR) is 77.7 cm³/mol. The fourth-order valence-corrected chi connectivity index (χ4v) is 4.22. The van der Waals surface area contributed by atoms with Crippen LogP contribution < -0.4 is 0 Å². The molecule has 1 heterocycles. The van der Waals surface area contributed by atoms with Crippen LogP contribution in [0, 0.1) is 6.92 Å². The van der Waals surface area contributed by atoms with E-state index in [4.69, 9.17) is 0 Å². The maximum Gasteiger partial charge on any atom is 0.339 e. The van der Waals surface area contributed by atoms with Gasteiger partial charge in [-0.05, 0) is 35.6 Å². The third-order valence-electron chi connectivity index (χ3n) is 2.84. The molecular formula is C14H14O4S2. The highest BCUT2D eigenvalue weighted by Gasteiger charge is 2.21. The van der Waals surface area contributed by atoms with Crippen molar-refractivity contribution < 1.29 is 17.9 Å². The topological polar surface area (TPSA) is 60.4 Å². The van der Waals surface area contributed by atoms with E-state index in [1.807, 2.05) is 13.0 Å². The van der Waals surface area contributed by atoms with Crippen molar-refractivity contribution in [2.24, 2.45) is 0 Å². The van der Waals surface area contributed by atoms with Crippen LogP contribution in [0.1, 0.15) is 21.5 Å². The number of ether oxygens (including phenoxy) is 1. The maximum atomic E-state index is 12.4. The number of rotatable bonds is 4. The number of aryl methyl sites for hydroxylation is 1. The van der Waals surface area contributed by atoms with E-state index in [0.29, 0.717) is 11.1 Å². The molecule has 20 heavy (non-hydrogen) atoms. The van der Waals surface area contributed by atoms with Gasteiger partial charge in [-0.1, -0.05) is 12.1 Å². The molecular weight excluding hydrogens is 296 g/mol. The molecule has 4 nitrogen and oxygen atoms in total. The fourth-order valence-electron chi connectivity index (χ4n) is 1.82. The van der Waals surface area contributed by atoms with Gasteiger partial charge in [0.25, 0.3) is 0 Å². The number of sulfone groups is 1. The van der Waals surface area contributed by atoms with Gasteiger partial charge in [0.2, 0.25) is 0 Å². The normalized spacial score (nSPS) is 11.3. The molecule has 106 valence electrons. The van der Waals surface area contributed by atoms with Gasteiger partial charge in [-0.3, -0.25) is 0 Å². The van der Waals surface area contributed by atoms with E-state index < -0.39 is 15.8 Å². The van der Waals surface area contributed by atoms with Crippen LogP contribution in [0.3, 0.4) is 0 Å². The number of carbonyl (C=O) groups is 1. The van der Waals surface area contributed by atoms with Crippen LogP contribution in [0.2, 0.25) is 0 Å². The van der Waals surface area contributed by atoms with Gasteiger partial charge in [0.1, 0.15) is 0 Å². The van der Waals surface area contributed by atoms with Crippen molar-refractivity contribution in [3.05, 3.63) is 51.7 Å². The average Bonchev–Trinajstić information content (AvgIpc) is 2.85. The molecule has 1 aromatic carbocycles. The van der Waals surface area contributed by atoms with Gasteiger partial charge < -0.3 is 4.74 Å². The van der Waals surface area contributed by atoms with Crippen LogP contribution in [0.15, 0.2) is 39.9 Å². The molecule has 0 radical (unpaired) electrons. The highest BCUT2D eigenvalue weighted by Crippen LogP contribution is 2.23. The Morgan fingerprint density at radius 3 is 2.70 bits per heavy atom. The quantitative estimate of drug-likeness (QED) is 0.815. The molecule has 0 aliphatic heterocycles. The summed E-state index contributed by atoms with van der Waals surface area (Å²) >= 11 is 1.28. The third kappa shape index (κ3) is 3.08. The Morgan fingerprint density at radius 2 is 2.05 bits per heavy atom. The molecule has 0 atom stereocenters. The Hall–Kier alpha value is -1.66. The standard InChI is InChI=1S/C14H14O4S2/c1-10-4-3-5-12(6-10)20(16,17)9-11-7-19-8-13(11)14(15)18-2/h3-8H,9H2,1-2H3. The molecule has 0 spiro atoms. The van der Waals surface area contributed by atoms with Gasteiger partial charge in [0.15, 0.2) is 9.84 Å². The summed E-state index contributed by atoms with van der Waals surface area (Å²) in [5.74, 6) is -0.717. The lowest BCUT2D eigenvalue weighted by Gasteiger charge is -2.06. The lowest BCUT2D eigenvalue weighted by Crippen LogP contribution is -2.09. The first-order valence-corrected chi connectivity index (χ1v) is 8.46. The highest BCUT2D eigenvalue weighted by atomic mass is 32.2. The largest absolute Gasteiger partial charge is 0.465 e. The van der Waals surface area contributed by atoms with Crippen molar-refractivity contribution in [1.29, 1.82) is 0 Å². The van der Waals surface area contributed by atoms with E-state index >= 15 is 0 Å². The van der Waals surface area contributed by atoms with E-state index in [1.165, 1.54) is 18.4 Å². The minimum atomic E-state index is -3.47. The number of hydrogen-bond donors (Lipinski definition) is 0.